The molecule has 0 saturated carbocycles. The van der Waals surface area contributed by atoms with Crippen LogP contribution >= 0.6 is 35.3 Å². The Bertz CT molecular complexity index is 572. The van der Waals surface area contributed by atoms with Crippen molar-refractivity contribution in [1.82, 2.24) is 10.6 Å². The number of nitrogens with one attached hydrogen (secondary N) is 2. The summed E-state index contributed by atoms with van der Waals surface area (Å²) in [4.78, 5) is 5.24. The van der Waals surface area contributed by atoms with Crippen LogP contribution < -0.4 is 10.6 Å². The fourth-order valence-corrected chi connectivity index (χ4v) is 3.23. The Morgan fingerprint density at radius 1 is 1.43 bits per heavy atom. The number of rotatable bonds is 8. The second kappa shape index (κ2) is 10.5. The van der Waals surface area contributed by atoms with Gasteiger partial charge in [-0.1, -0.05) is 6.07 Å². The van der Waals surface area contributed by atoms with E-state index in [1.54, 1.807) is 6.92 Å². The van der Waals surface area contributed by atoms with Gasteiger partial charge in [0.05, 0.1) is 12.3 Å². The van der Waals surface area contributed by atoms with E-state index in [0.29, 0.717) is 25.5 Å². The van der Waals surface area contributed by atoms with Crippen molar-refractivity contribution in [2.24, 2.45) is 4.99 Å². The molecule has 23 heavy (non-hydrogen) atoms. The van der Waals surface area contributed by atoms with Crippen molar-refractivity contribution < 1.29 is 13.5 Å². The molecule has 0 aliphatic heterocycles. The lowest BCUT2D eigenvalue weighted by Gasteiger charge is -2.20. The molecule has 0 aliphatic rings. The summed E-state index contributed by atoms with van der Waals surface area (Å²) in [6, 6.07) is 3.78. The number of thiophene rings is 1. The van der Waals surface area contributed by atoms with Crippen LogP contribution in [0.1, 0.15) is 25.1 Å². The Morgan fingerprint density at radius 3 is 2.65 bits per heavy atom. The van der Waals surface area contributed by atoms with Gasteiger partial charge in [-0.25, -0.2) is 13.4 Å². The molecular formula is C14H26IN3O3S2. The van der Waals surface area contributed by atoms with Gasteiger partial charge >= 0.3 is 0 Å². The second-order valence-corrected chi connectivity index (χ2v) is 8.56. The van der Waals surface area contributed by atoms with Crippen LogP contribution in [-0.2, 0) is 15.4 Å². The second-order valence-electron chi connectivity index (χ2n) is 5.36. The number of hydrogen-bond donors (Lipinski definition) is 3. The van der Waals surface area contributed by atoms with E-state index in [2.05, 4.69) is 15.6 Å². The van der Waals surface area contributed by atoms with Gasteiger partial charge in [0.2, 0.25) is 0 Å². The largest absolute Gasteiger partial charge is 0.383 e. The normalized spacial score (nSPS) is 14.7. The lowest BCUT2D eigenvalue weighted by atomic mass is 10.1. The van der Waals surface area contributed by atoms with Crippen LogP contribution in [-0.4, -0.2) is 51.1 Å². The van der Waals surface area contributed by atoms with E-state index in [-0.39, 0.29) is 36.3 Å². The lowest BCUT2D eigenvalue weighted by Crippen LogP contribution is -2.39. The molecule has 9 heteroatoms. The molecule has 1 aromatic rings. The van der Waals surface area contributed by atoms with E-state index >= 15 is 0 Å². The molecule has 0 fully saturated rings. The first-order valence-corrected chi connectivity index (χ1v) is 10.1. The first-order valence-electron chi connectivity index (χ1n) is 7.21. The third-order valence-corrected chi connectivity index (χ3v) is 5.08. The number of hydrogen-bond acceptors (Lipinski definition) is 5. The van der Waals surface area contributed by atoms with E-state index in [1.807, 2.05) is 24.4 Å². The Kier molecular flexibility index (Phi) is 10.3. The van der Waals surface area contributed by atoms with E-state index < -0.39 is 15.4 Å². The molecule has 1 unspecified atom stereocenters. The van der Waals surface area contributed by atoms with Crippen molar-refractivity contribution in [3.63, 3.8) is 0 Å². The summed E-state index contributed by atoms with van der Waals surface area (Å²) in [5, 5.41) is 18.5. The van der Waals surface area contributed by atoms with Gasteiger partial charge in [-0.2, -0.15) is 0 Å². The van der Waals surface area contributed by atoms with Crippen LogP contribution in [0.5, 0.6) is 0 Å². The maximum Gasteiger partial charge on any atom is 0.191 e. The smallest absolute Gasteiger partial charge is 0.191 e. The highest BCUT2D eigenvalue weighted by molar-refractivity contribution is 14.0. The van der Waals surface area contributed by atoms with Gasteiger partial charge in [0.25, 0.3) is 0 Å². The molecule has 0 aliphatic carbocycles. The maximum absolute atomic E-state index is 11.1. The Morgan fingerprint density at radius 2 is 2.13 bits per heavy atom. The SMILES string of the molecule is CCNC(=NCC(C)(O)c1cccs1)NCCCS(C)(=O)=O.I. The van der Waals surface area contributed by atoms with Crippen LogP contribution in [0, 0.1) is 0 Å². The quantitative estimate of drug-likeness (QED) is 0.230. The van der Waals surface area contributed by atoms with Crippen molar-refractivity contribution in [3.8, 4) is 0 Å². The summed E-state index contributed by atoms with van der Waals surface area (Å²) in [6.45, 7) is 5.12. The number of aliphatic imine (C=N–C) groups is 1. The van der Waals surface area contributed by atoms with Crippen LogP contribution in [0.4, 0.5) is 0 Å². The minimum absolute atomic E-state index is 0. The topological polar surface area (TPSA) is 90.8 Å². The molecule has 1 atom stereocenters. The monoisotopic (exact) mass is 475 g/mol. The standard InChI is InChI=1S/C14H25N3O3S2.HI/c1-4-15-13(16-8-6-10-22(3,19)20)17-11-14(2,18)12-7-5-9-21-12;/h5,7,9,18H,4,6,8,10-11H2,1-3H3,(H2,15,16,17);1H. The molecule has 1 rings (SSSR count). The molecule has 0 radical (unpaired) electrons. The van der Waals surface area contributed by atoms with Crippen molar-refractivity contribution in [2.45, 2.75) is 25.9 Å². The minimum atomic E-state index is -2.94. The van der Waals surface area contributed by atoms with E-state index in [9.17, 15) is 13.5 Å². The van der Waals surface area contributed by atoms with Crippen molar-refractivity contribution in [3.05, 3.63) is 22.4 Å². The molecule has 3 N–H and O–H groups in total. The van der Waals surface area contributed by atoms with Crippen molar-refractivity contribution in [2.75, 3.05) is 31.6 Å². The summed E-state index contributed by atoms with van der Waals surface area (Å²) in [7, 11) is -2.94. The predicted molar refractivity (Wildman–Crippen MR) is 108 cm³/mol. The van der Waals surface area contributed by atoms with Gasteiger partial charge in [0, 0.05) is 24.2 Å². The van der Waals surface area contributed by atoms with Crippen LogP contribution in [0.3, 0.4) is 0 Å². The van der Waals surface area contributed by atoms with Gasteiger partial charge in [-0.15, -0.1) is 35.3 Å². The van der Waals surface area contributed by atoms with Gasteiger partial charge in [-0.3, -0.25) is 0 Å². The third-order valence-electron chi connectivity index (χ3n) is 2.93. The first-order chi connectivity index (χ1) is 10.2. The van der Waals surface area contributed by atoms with Crippen LogP contribution in [0.25, 0.3) is 0 Å². The minimum Gasteiger partial charge on any atom is -0.383 e. The number of nitrogens with zero attached hydrogens (tertiary/aromatic N) is 1. The van der Waals surface area contributed by atoms with Gasteiger partial charge in [-0.05, 0) is 31.7 Å². The molecule has 0 saturated heterocycles. The van der Waals surface area contributed by atoms with E-state index in [0.717, 1.165) is 4.88 Å². The average molecular weight is 475 g/mol. The molecule has 0 aromatic carbocycles. The Hall–Kier alpha value is -0.390. The van der Waals surface area contributed by atoms with Gasteiger partial charge in [0.15, 0.2) is 5.96 Å². The maximum atomic E-state index is 11.1. The molecule has 0 bridgehead atoms. The Labute approximate surface area is 159 Å². The first kappa shape index (κ1) is 22.6. The number of sulfone groups is 1. The average Bonchev–Trinajstić information content (AvgIpc) is 2.94. The van der Waals surface area contributed by atoms with Crippen molar-refractivity contribution >= 4 is 51.1 Å². The third kappa shape index (κ3) is 9.48. The summed E-state index contributed by atoms with van der Waals surface area (Å²) in [5.74, 6) is 0.722. The van der Waals surface area contributed by atoms with Gasteiger partial charge < -0.3 is 15.7 Å². The van der Waals surface area contributed by atoms with Crippen LogP contribution in [0.15, 0.2) is 22.5 Å². The van der Waals surface area contributed by atoms with Crippen molar-refractivity contribution in [1.29, 1.82) is 0 Å². The zero-order chi connectivity index (χ0) is 16.6. The molecule has 0 spiro atoms. The molecular weight excluding hydrogens is 449 g/mol. The molecule has 6 nitrogen and oxygen atoms in total. The lowest BCUT2D eigenvalue weighted by molar-refractivity contribution is 0.0711. The highest BCUT2D eigenvalue weighted by atomic mass is 127. The zero-order valence-electron chi connectivity index (χ0n) is 13.7. The van der Waals surface area contributed by atoms with Gasteiger partial charge in [0.1, 0.15) is 15.4 Å². The molecule has 1 aromatic heterocycles. The summed E-state index contributed by atoms with van der Waals surface area (Å²) < 4.78 is 22.2. The number of guanidine groups is 1. The molecule has 0 amide bonds. The summed E-state index contributed by atoms with van der Waals surface area (Å²) in [6.07, 6.45) is 1.75. The Balaban J connectivity index is 0.00000484. The zero-order valence-corrected chi connectivity index (χ0v) is 17.7. The summed E-state index contributed by atoms with van der Waals surface area (Å²) >= 11 is 1.49. The fraction of sp³-hybridized carbons (Fsp3) is 0.643. The highest BCUT2D eigenvalue weighted by Crippen LogP contribution is 2.25. The van der Waals surface area contributed by atoms with E-state index in [1.165, 1.54) is 17.6 Å². The number of aliphatic hydroxyl groups is 1. The predicted octanol–water partition coefficient (Wildman–Crippen LogP) is 1.56. The molecule has 134 valence electrons. The fourth-order valence-electron chi connectivity index (χ4n) is 1.78. The highest BCUT2D eigenvalue weighted by Gasteiger charge is 2.23. The van der Waals surface area contributed by atoms with E-state index in [4.69, 9.17) is 0 Å². The summed E-state index contributed by atoms with van der Waals surface area (Å²) in [5.41, 5.74) is -1.01. The number of halogens is 1. The molecule has 1 heterocycles. The van der Waals surface area contributed by atoms with Crippen LogP contribution in [0.2, 0.25) is 0 Å².